The van der Waals surface area contributed by atoms with Crippen molar-refractivity contribution in [1.82, 2.24) is 0 Å². The van der Waals surface area contributed by atoms with Gasteiger partial charge in [-0.05, 0) is 37.5 Å². The molecule has 5 atom stereocenters. The smallest absolute Gasteiger partial charge is 0.462 e. The Bertz CT molecular complexity index is 1700. The highest BCUT2D eigenvalue weighted by atomic mass is 31.2. The molecule has 0 aliphatic carbocycles. The number of carbonyl (C=O) groups excluding carboxylic acids is 4. The van der Waals surface area contributed by atoms with Gasteiger partial charge in [0, 0.05) is 25.7 Å². The van der Waals surface area contributed by atoms with Crippen molar-refractivity contribution in [3.8, 4) is 0 Å². The molecule has 0 fully saturated rings. The molecule has 87 heavy (non-hydrogen) atoms. The van der Waals surface area contributed by atoms with Crippen LogP contribution < -0.4 is 0 Å². The van der Waals surface area contributed by atoms with Crippen molar-refractivity contribution in [3.05, 3.63) is 0 Å². The average molecular weight is 1280 g/mol. The van der Waals surface area contributed by atoms with Gasteiger partial charge in [0.2, 0.25) is 0 Å². The zero-order valence-corrected chi connectivity index (χ0v) is 58.1. The zero-order chi connectivity index (χ0) is 64.3. The van der Waals surface area contributed by atoms with Crippen molar-refractivity contribution in [1.29, 1.82) is 0 Å². The fourth-order valence-electron chi connectivity index (χ4n) is 10.2. The summed E-state index contributed by atoms with van der Waals surface area (Å²) < 4.78 is 68.1. The Hall–Kier alpha value is -1.94. The second kappa shape index (κ2) is 60.3. The molecule has 516 valence electrons. The molecule has 0 amide bonds. The lowest BCUT2D eigenvalue weighted by atomic mass is 10.0. The molecule has 0 saturated heterocycles. The molecule has 0 spiro atoms. The number of ether oxygens (including phenoxy) is 4. The van der Waals surface area contributed by atoms with Gasteiger partial charge in [0.1, 0.15) is 19.3 Å². The van der Waals surface area contributed by atoms with Gasteiger partial charge < -0.3 is 33.8 Å². The van der Waals surface area contributed by atoms with E-state index in [2.05, 4.69) is 41.5 Å². The maximum atomic E-state index is 13.0. The van der Waals surface area contributed by atoms with Crippen LogP contribution in [-0.4, -0.2) is 96.7 Å². The molecule has 0 rings (SSSR count). The predicted molar refractivity (Wildman–Crippen MR) is 349 cm³/mol. The molecular formula is C68H132O17P2. The summed E-state index contributed by atoms with van der Waals surface area (Å²) in [5.74, 6) is -0.729. The number of unbranched alkanes of at least 4 members (excludes halogenated alkanes) is 37. The predicted octanol–water partition coefficient (Wildman–Crippen LogP) is 19.2. The maximum Gasteiger partial charge on any atom is 0.472 e. The van der Waals surface area contributed by atoms with Crippen LogP contribution in [0.25, 0.3) is 0 Å². The van der Waals surface area contributed by atoms with Crippen LogP contribution >= 0.6 is 15.6 Å². The molecule has 2 unspecified atom stereocenters. The molecule has 17 nitrogen and oxygen atoms in total. The lowest BCUT2D eigenvalue weighted by molar-refractivity contribution is -0.161. The summed E-state index contributed by atoms with van der Waals surface area (Å²) in [6.07, 6.45) is 44.6. The van der Waals surface area contributed by atoms with E-state index in [1.807, 2.05) is 0 Å². The monoisotopic (exact) mass is 1280 g/mol. The van der Waals surface area contributed by atoms with E-state index in [-0.39, 0.29) is 25.7 Å². The second-order valence-corrected chi connectivity index (χ2v) is 28.4. The highest BCUT2D eigenvalue weighted by Crippen LogP contribution is 2.45. The SMILES string of the molecule is CCCCCCCCCCCCCCCCCCC(=O)O[C@H](COC(=O)CCCCCCCCCCCCC)COP(=O)(O)OC[C@@H](O)COP(=O)(O)OC[C@@H](COC(=O)CCCCCCCCCC(C)C)OC(=O)CCCCCCCCCC(C)C. The summed E-state index contributed by atoms with van der Waals surface area (Å²) in [5, 5.41) is 10.6. The normalized spacial score (nSPS) is 14.2. The van der Waals surface area contributed by atoms with Gasteiger partial charge in [-0.2, -0.15) is 0 Å². The molecule has 0 aromatic rings. The standard InChI is InChI=1S/C68H132O17P2/c1-7-9-11-13-15-17-19-20-21-22-23-25-27-33-40-46-52-67(72)84-63(56-78-65(70)50-44-38-32-26-24-18-16-14-12-10-8-2)58-82-86(74,75)80-54-62(69)55-81-87(76,77)83-59-64(85-68(73)53-47-41-35-29-31-37-43-49-61(5)6)57-79-66(71)51-45-39-34-28-30-36-42-48-60(3)4/h60-64,69H,7-59H2,1-6H3,(H,74,75)(H,76,77)/t62-,63-,64-/m1/s1. The molecule has 0 bridgehead atoms. The first kappa shape index (κ1) is 85.1. The summed E-state index contributed by atoms with van der Waals surface area (Å²) in [6.45, 7) is 9.41. The number of hydrogen-bond donors (Lipinski definition) is 3. The largest absolute Gasteiger partial charge is 0.472 e. The number of esters is 4. The van der Waals surface area contributed by atoms with Gasteiger partial charge >= 0.3 is 39.5 Å². The summed E-state index contributed by atoms with van der Waals surface area (Å²) in [4.78, 5) is 72.4. The number of aliphatic hydroxyl groups is 1. The Morgan fingerprint density at radius 3 is 0.782 bits per heavy atom. The van der Waals surface area contributed by atoms with Crippen LogP contribution in [0.15, 0.2) is 0 Å². The summed E-state index contributed by atoms with van der Waals surface area (Å²) >= 11 is 0. The van der Waals surface area contributed by atoms with E-state index >= 15 is 0 Å². The van der Waals surface area contributed by atoms with Crippen LogP contribution in [0, 0.1) is 11.8 Å². The van der Waals surface area contributed by atoms with Crippen LogP contribution in [0.5, 0.6) is 0 Å². The summed E-state index contributed by atoms with van der Waals surface area (Å²) in [5.41, 5.74) is 0. The van der Waals surface area contributed by atoms with E-state index in [9.17, 15) is 43.2 Å². The van der Waals surface area contributed by atoms with Crippen molar-refractivity contribution in [2.75, 3.05) is 39.6 Å². The fourth-order valence-corrected chi connectivity index (χ4v) is 11.8. The van der Waals surface area contributed by atoms with Gasteiger partial charge in [-0.3, -0.25) is 37.3 Å². The van der Waals surface area contributed by atoms with Crippen molar-refractivity contribution in [2.45, 2.75) is 362 Å². The molecule has 0 radical (unpaired) electrons. The number of phosphoric ester groups is 2. The molecule has 0 saturated carbocycles. The quantitative estimate of drug-likeness (QED) is 0.0222. The number of aliphatic hydroxyl groups excluding tert-OH is 1. The Morgan fingerprint density at radius 2 is 0.529 bits per heavy atom. The first-order valence-corrected chi connectivity index (χ1v) is 38.5. The van der Waals surface area contributed by atoms with Crippen molar-refractivity contribution >= 4 is 39.5 Å². The van der Waals surface area contributed by atoms with Crippen LogP contribution in [-0.2, 0) is 65.4 Å². The number of phosphoric acid groups is 2. The third-order valence-corrected chi connectivity index (χ3v) is 17.6. The van der Waals surface area contributed by atoms with Gasteiger partial charge in [-0.15, -0.1) is 0 Å². The third-order valence-electron chi connectivity index (χ3n) is 15.7. The van der Waals surface area contributed by atoms with Gasteiger partial charge in [0.15, 0.2) is 12.2 Å². The van der Waals surface area contributed by atoms with E-state index in [0.29, 0.717) is 37.5 Å². The topological polar surface area (TPSA) is 237 Å². The minimum atomic E-state index is -4.95. The van der Waals surface area contributed by atoms with E-state index in [0.717, 1.165) is 96.3 Å². The third kappa shape index (κ3) is 62.6. The Labute approximate surface area is 530 Å². The van der Waals surface area contributed by atoms with Crippen LogP contribution in [0.1, 0.15) is 343 Å². The maximum absolute atomic E-state index is 13.0. The fraction of sp³-hybridized carbons (Fsp3) is 0.941. The first-order chi connectivity index (χ1) is 41.9. The van der Waals surface area contributed by atoms with Crippen molar-refractivity contribution < 1.29 is 80.2 Å². The molecule has 0 aliphatic heterocycles. The van der Waals surface area contributed by atoms with Crippen LogP contribution in [0.2, 0.25) is 0 Å². The number of carbonyl (C=O) groups is 4. The molecule has 0 heterocycles. The lowest BCUT2D eigenvalue weighted by Crippen LogP contribution is -2.30. The van der Waals surface area contributed by atoms with E-state index in [1.54, 1.807) is 0 Å². The Kier molecular flexibility index (Phi) is 59.0. The van der Waals surface area contributed by atoms with Crippen molar-refractivity contribution in [3.63, 3.8) is 0 Å². The molecule has 0 aromatic heterocycles. The van der Waals surface area contributed by atoms with E-state index < -0.39 is 97.5 Å². The summed E-state index contributed by atoms with van der Waals surface area (Å²) in [7, 11) is -9.89. The highest BCUT2D eigenvalue weighted by molar-refractivity contribution is 7.47. The molecule has 3 N–H and O–H groups in total. The Morgan fingerprint density at radius 1 is 0.310 bits per heavy atom. The molecule has 0 aliphatic rings. The zero-order valence-electron chi connectivity index (χ0n) is 56.3. The number of rotatable bonds is 67. The van der Waals surface area contributed by atoms with Crippen LogP contribution in [0.3, 0.4) is 0 Å². The van der Waals surface area contributed by atoms with Gasteiger partial charge in [0.25, 0.3) is 0 Å². The highest BCUT2D eigenvalue weighted by Gasteiger charge is 2.30. The van der Waals surface area contributed by atoms with Gasteiger partial charge in [-0.25, -0.2) is 9.13 Å². The second-order valence-electron chi connectivity index (χ2n) is 25.5. The van der Waals surface area contributed by atoms with Gasteiger partial charge in [-0.1, -0.05) is 292 Å². The Balaban J connectivity index is 5.23. The van der Waals surface area contributed by atoms with E-state index in [4.69, 9.17) is 37.0 Å². The first-order valence-electron chi connectivity index (χ1n) is 35.5. The minimum absolute atomic E-state index is 0.103. The lowest BCUT2D eigenvalue weighted by Gasteiger charge is -2.21. The summed E-state index contributed by atoms with van der Waals surface area (Å²) in [6, 6.07) is 0. The molecule has 0 aromatic carbocycles. The van der Waals surface area contributed by atoms with E-state index in [1.165, 1.54) is 154 Å². The van der Waals surface area contributed by atoms with Gasteiger partial charge in [0.05, 0.1) is 26.4 Å². The number of hydrogen-bond acceptors (Lipinski definition) is 15. The molecular weight excluding hydrogens is 1150 g/mol. The average Bonchev–Trinajstić information content (AvgIpc) is 3.69. The van der Waals surface area contributed by atoms with Crippen LogP contribution in [0.4, 0.5) is 0 Å². The minimum Gasteiger partial charge on any atom is -0.462 e. The van der Waals surface area contributed by atoms with Crippen molar-refractivity contribution in [2.24, 2.45) is 11.8 Å². The molecule has 19 heteroatoms.